The average Bonchev–Trinajstić information content (AvgIpc) is 3.41. The Morgan fingerprint density at radius 3 is 2.83 bits per heavy atom. The maximum Gasteiger partial charge on any atom is 0.246 e. The molecule has 3 aliphatic heterocycles. The Hall–Kier alpha value is -2.68. The van der Waals surface area contributed by atoms with Gasteiger partial charge >= 0.3 is 0 Å². The van der Waals surface area contributed by atoms with Gasteiger partial charge in [0.2, 0.25) is 5.91 Å². The fourth-order valence-electron chi connectivity index (χ4n) is 8.23. The minimum absolute atomic E-state index is 0.00965. The van der Waals surface area contributed by atoms with Crippen LogP contribution in [0.4, 0.5) is 4.39 Å². The number of carbonyl (C=O) groups excluding carboxylic acids is 2. The largest absolute Gasteiger partial charge is 0.348 e. The second-order valence-electron chi connectivity index (χ2n) is 12.9. The Bertz CT molecular complexity index is 1250. The molecule has 6 rings (SSSR count). The average molecular weight is 579 g/mol. The Labute approximate surface area is 248 Å². The molecule has 1 spiro atoms. The molecule has 226 valence electrons. The summed E-state index contributed by atoms with van der Waals surface area (Å²) in [6, 6.07) is 6.94. The monoisotopic (exact) mass is 578 g/mol. The second-order valence-corrected chi connectivity index (χ2v) is 12.9. The van der Waals surface area contributed by atoms with Crippen molar-refractivity contribution in [3.05, 3.63) is 47.8 Å². The van der Waals surface area contributed by atoms with E-state index >= 15 is 0 Å². The molecule has 0 radical (unpaired) electrons. The molecule has 10 heteroatoms. The number of aryl methyl sites for hydroxylation is 1. The maximum atomic E-state index is 14.5. The molecule has 4 fully saturated rings. The third-order valence-corrected chi connectivity index (χ3v) is 10.6. The van der Waals surface area contributed by atoms with Crippen LogP contribution in [0.15, 0.2) is 30.9 Å². The first-order chi connectivity index (χ1) is 20.3. The Morgan fingerprint density at radius 1 is 1.21 bits per heavy atom. The highest BCUT2D eigenvalue weighted by molar-refractivity contribution is 5.91. The number of ketones is 1. The van der Waals surface area contributed by atoms with E-state index < -0.39 is 17.8 Å². The van der Waals surface area contributed by atoms with Crippen LogP contribution in [0.1, 0.15) is 49.7 Å². The summed E-state index contributed by atoms with van der Waals surface area (Å²) in [6.45, 7) is 6.94. The molecule has 9 nitrogen and oxygen atoms in total. The molecule has 0 aromatic heterocycles. The number of benzene rings is 1. The van der Waals surface area contributed by atoms with E-state index in [-0.39, 0.29) is 42.1 Å². The minimum atomic E-state index is -0.508. The zero-order valence-electron chi connectivity index (χ0n) is 24.6. The number of likely N-dealkylation sites (tertiary alicyclic amines) is 1. The van der Waals surface area contributed by atoms with Crippen LogP contribution in [-0.4, -0.2) is 96.9 Å². The first-order valence-electron chi connectivity index (χ1n) is 15.5. The molecular formula is C32H43FN6O3. The van der Waals surface area contributed by atoms with Gasteiger partial charge in [-0.1, -0.05) is 12.6 Å². The molecule has 1 saturated carbocycles. The van der Waals surface area contributed by atoms with Gasteiger partial charge in [0.25, 0.3) is 0 Å². The quantitative estimate of drug-likeness (QED) is 0.496. The molecule has 1 amide bonds. The molecule has 42 heavy (non-hydrogen) atoms. The highest BCUT2D eigenvalue weighted by Gasteiger charge is 2.55. The zero-order valence-corrected chi connectivity index (χ0v) is 24.6. The van der Waals surface area contributed by atoms with Crippen molar-refractivity contribution in [1.82, 2.24) is 25.3 Å². The number of nitrogens with one attached hydrogen (secondary N) is 2. The van der Waals surface area contributed by atoms with E-state index in [1.54, 1.807) is 11.0 Å². The number of fused-ring (bicyclic) bond motifs is 2. The second kappa shape index (κ2) is 12.1. The van der Waals surface area contributed by atoms with Gasteiger partial charge in [0.1, 0.15) is 5.82 Å². The van der Waals surface area contributed by atoms with Gasteiger partial charge in [-0.2, -0.15) is 5.26 Å². The molecular weight excluding hydrogens is 535 g/mol. The van der Waals surface area contributed by atoms with Gasteiger partial charge in [-0.15, -0.1) is 0 Å². The number of Topliss-reactive ketones (excluding diaryl/α,β-unsaturated/α-hetero) is 1. The summed E-state index contributed by atoms with van der Waals surface area (Å²) in [6.07, 6.45) is 6.90. The molecule has 5 aliphatic rings. The Morgan fingerprint density at radius 2 is 2.07 bits per heavy atom. The van der Waals surface area contributed by atoms with Crippen LogP contribution in [0.3, 0.4) is 0 Å². The van der Waals surface area contributed by atoms with E-state index in [1.807, 2.05) is 6.07 Å². The summed E-state index contributed by atoms with van der Waals surface area (Å²) in [4.78, 5) is 33.4. The summed E-state index contributed by atoms with van der Waals surface area (Å²) in [5.74, 6) is -0.189. The van der Waals surface area contributed by atoms with E-state index in [2.05, 4.69) is 40.1 Å². The normalized spacial score (nSPS) is 35.5. The van der Waals surface area contributed by atoms with Gasteiger partial charge in [-0.05, 0) is 87.9 Å². The van der Waals surface area contributed by atoms with Gasteiger partial charge in [0.05, 0.1) is 37.3 Å². The van der Waals surface area contributed by atoms with Gasteiger partial charge in [-0.3, -0.25) is 25.1 Å². The summed E-state index contributed by atoms with van der Waals surface area (Å²) < 4.78 is 20.6. The number of halogens is 1. The summed E-state index contributed by atoms with van der Waals surface area (Å²) >= 11 is 0. The fraction of sp³-hybridized carbons (Fsp3) is 0.656. The molecule has 2 aliphatic carbocycles. The number of piperazine rings is 1. The zero-order chi connectivity index (χ0) is 29.4. The lowest BCUT2D eigenvalue weighted by Gasteiger charge is -2.55. The molecule has 2 N–H and O–H groups in total. The van der Waals surface area contributed by atoms with E-state index in [4.69, 9.17) is 4.74 Å². The van der Waals surface area contributed by atoms with Crippen LogP contribution in [0.25, 0.3) is 0 Å². The first-order valence-corrected chi connectivity index (χ1v) is 15.5. The number of likely N-dealkylation sites (N-methyl/N-ethyl adjacent to an activating group) is 1. The van der Waals surface area contributed by atoms with Crippen molar-refractivity contribution < 1.29 is 18.7 Å². The number of carbonyl (C=O) groups is 2. The van der Waals surface area contributed by atoms with E-state index in [9.17, 15) is 19.2 Å². The Balaban J connectivity index is 1.24. The molecule has 1 aromatic carbocycles. The topological polar surface area (TPSA) is 101 Å². The van der Waals surface area contributed by atoms with E-state index in [0.29, 0.717) is 38.7 Å². The third kappa shape index (κ3) is 5.53. The molecule has 0 bridgehead atoms. The fourth-order valence-corrected chi connectivity index (χ4v) is 8.23. The maximum absolute atomic E-state index is 14.5. The first kappa shape index (κ1) is 29.4. The van der Waals surface area contributed by atoms with Gasteiger partial charge in [-0.25, -0.2) is 4.39 Å². The van der Waals surface area contributed by atoms with Crippen molar-refractivity contribution in [2.75, 3.05) is 39.8 Å². The van der Waals surface area contributed by atoms with Crippen LogP contribution >= 0.6 is 0 Å². The summed E-state index contributed by atoms with van der Waals surface area (Å²) in [5, 5.41) is 16.8. The standard InChI is InChI=1S/C32H43FN6O3/c1-3-27(40)39-16-15-38(19-24(39)10-13-34)30-26-9-12-32(11-8-21-6-7-23(33)17-22(21)18-32)29(41)28(26)35-31(36-30)42-20-25-5-4-14-37(25)2/h3,6-7,17,24-26,28,30-31,35-36H,1,4-5,8-12,14-16,18-20H2,2H3. The number of nitriles is 1. The SMILES string of the molecule is C=CC(=O)N1CCN(C2NC(OCC3CCCN3C)NC3C(=O)C4(CCc5ccc(F)cc5C4)CCC32)CC1CC#N. The van der Waals surface area contributed by atoms with Gasteiger partial charge in [0, 0.05) is 37.0 Å². The summed E-state index contributed by atoms with van der Waals surface area (Å²) in [5.41, 5.74) is 1.59. The van der Waals surface area contributed by atoms with Crippen LogP contribution in [0.2, 0.25) is 0 Å². The molecule has 7 unspecified atom stereocenters. The van der Waals surface area contributed by atoms with Crippen molar-refractivity contribution in [3.63, 3.8) is 0 Å². The summed E-state index contributed by atoms with van der Waals surface area (Å²) in [7, 11) is 2.12. The van der Waals surface area contributed by atoms with Gasteiger partial charge < -0.3 is 14.5 Å². The lowest BCUT2D eigenvalue weighted by atomic mass is 9.59. The number of hydrogen-bond donors (Lipinski definition) is 2. The number of amides is 1. The van der Waals surface area contributed by atoms with Crippen molar-refractivity contribution in [2.24, 2.45) is 11.3 Å². The lowest BCUT2D eigenvalue weighted by Crippen LogP contribution is -2.74. The molecule has 1 aromatic rings. The van der Waals surface area contributed by atoms with Crippen LogP contribution in [-0.2, 0) is 27.2 Å². The highest BCUT2D eigenvalue weighted by atomic mass is 19.1. The van der Waals surface area contributed by atoms with Crippen molar-refractivity contribution in [1.29, 1.82) is 5.26 Å². The van der Waals surface area contributed by atoms with Crippen molar-refractivity contribution >= 4 is 11.7 Å². The number of hydrogen-bond acceptors (Lipinski definition) is 8. The number of ether oxygens (including phenoxy) is 1. The van der Waals surface area contributed by atoms with E-state index in [0.717, 1.165) is 56.2 Å². The highest BCUT2D eigenvalue weighted by Crippen LogP contribution is 2.47. The Kier molecular flexibility index (Phi) is 8.49. The predicted molar refractivity (Wildman–Crippen MR) is 155 cm³/mol. The lowest BCUT2D eigenvalue weighted by molar-refractivity contribution is -0.154. The number of rotatable bonds is 6. The van der Waals surface area contributed by atoms with E-state index in [1.165, 1.54) is 12.1 Å². The number of nitrogens with zero attached hydrogens (tertiary/aromatic N) is 4. The van der Waals surface area contributed by atoms with Crippen LogP contribution < -0.4 is 10.6 Å². The van der Waals surface area contributed by atoms with Gasteiger partial charge in [0.15, 0.2) is 12.1 Å². The predicted octanol–water partition coefficient (Wildman–Crippen LogP) is 2.17. The van der Waals surface area contributed by atoms with Crippen molar-refractivity contribution in [3.8, 4) is 6.07 Å². The third-order valence-electron chi connectivity index (χ3n) is 10.6. The van der Waals surface area contributed by atoms with Crippen LogP contribution in [0.5, 0.6) is 0 Å². The van der Waals surface area contributed by atoms with Crippen molar-refractivity contribution in [2.45, 2.75) is 82.0 Å². The molecule has 3 saturated heterocycles. The smallest absolute Gasteiger partial charge is 0.246 e. The minimum Gasteiger partial charge on any atom is -0.348 e. The van der Waals surface area contributed by atoms with Crippen LogP contribution in [0, 0.1) is 28.5 Å². The molecule has 7 atom stereocenters. The molecule has 3 heterocycles.